The van der Waals surface area contributed by atoms with E-state index in [0.29, 0.717) is 6.42 Å². The van der Waals surface area contributed by atoms with Gasteiger partial charge >= 0.3 is 5.97 Å². The molecule has 0 aromatic heterocycles. The van der Waals surface area contributed by atoms with Gasteiger partial charge in [0.15, 0.2) is 0 Å². The van der Waals surface area contributed by atoms with Gasteiger partial charge in [-0.25, -0.2) is 0 Å². The van der Waals surface area contributed by atoms with Crippen LogP contribution in [-0.2, 0) is 4.79 Å². The first-order valence-corrected chi connectivity index (χ1v) is 3.91. The van der Waals surface area contributed by atoms with Gasteiger partial charge in [-0.15, -0.1) is 0 Å². The van der Waals surface area contributed by atoms with Crippen molar-refractivity contribution in [2.75, 3.05) is 0 Å². The molecule has 64 valence electrons. The number of hydrogen-bond acceptors (Lipinski definition) is 2. The molecule has 0 saturated heterocycles. The number of carboxylic acids is 1. The zero-order valence-electron chi connectivity index (χ0n) is 7.00. The number of carboxylic acid groups (broad SMARTS) is 1. The van der Waals surface area contributed by atoms with Gasteiger partial charge in [-0.2, -0.15) is 0 Å². The summed E-state index contributed by atoms with van der Waals surface area (Å²) < 4.78 is 0. The Bertz CT molecular complexity index is 177. The van der Waals surface area contributed by atoms with Crippen LogP contribution in [-0.4, -0.2) is 17.1 Å². The summed E-state index contributed by atoms with van der Waals surface area (Å²) in [4.78, 5) is 10.6. The largest absolute Gasteiger partial charge is 0.481 e. The third-order valence-corrected chi connectivity index (χ3v) is 2.39. The van der Waals surface area contributed by atoms with Gasteiger partial charge in [-0.3, -0.25) is 4.79 Å². The van der Waals surface area contributed by atoms with Gasteiger partial charge in [0.1, 0.15) is 0 Å². The van der Waals surface area contributed by atoms with Crippen LogP contribution in [0.1, 0.15) is 26.7 Å². The van der Waals surface area contributed by atoms with Gasteiger partial charge in [0.25, 0.3) is 0 Å². The molecular weight excluding hydrogens is 142 g/mol. The average molecular weight is 157 g/mol. The summed E-state index contributed by atoms with van der Waals surface area (Å²) in [6.45, 7) is 4.13. The summed E-state index contributed by atoms with van der Waals surface area (Å²) in [5.41, 5.74) is 5.79. The molecule has 11 heavy (non-hydrogen) atoms. The van der Waals surface area contributed by atoms with Gasteiger partial charge < -0.3 is 10.8 Å². The number of carbonyl (C=O) groups is 1. The van der Waals surface area contributed by atoms with E-state index in [2.05, 4.69) is 13.8 Å². The van der Waals surface area contributed by atoms with E-state index in [1.165, 1.54) is 0 Å². The molecule has 3 N–H and O–H groups in total. The van der Waals surface area contributed by atoms with Crippen molar-refractivity contribution in [2.24, 2.45) is 17.1 Å². The average Bonchev–Trinajstić information content (AvgIpc) is 2.05. The maximum atomic E-state index is 10.6. The minimum atomic E-state index is -0.747. The minimum Gasteiger partial charge on any atom is -0.481 e. The normalized spacial score (nSPS) is 35.5. The standard InChI is InChI=1S/C8H15NO2/c1-8(2)3-5(7(10)11)6(9)4-8/h5-6H,3-4,9H2,1-2H3,(H,10,11)/t5-,6-/m0/s1. The Kier molecular flexibility index (Phi) is 1.92. The second kappa shape index (κ2) is 2.48. The summed E-state index contributed by atoms with van der Waals surface area (Å²) in [6, 6.07) is -0.150. The molecule has 1 aliphatic carbocycles. The SMILES string of the molecule is CC1(C)C[C@H](C(=O)O)[C@@H](N)C1. The van der Waals surface area contributed by atoms with E-state index in [1.807, 2.05) is 0 Å². The number of aliphatic carboxylic acids is 1. The fourth-order valence-corrected chi connectivity index (χ4v) is 1.88. The molecule has 3 nitrogen and oxygen atoms in total. The van der Waals surface area contributed by atoms with Crippen LogP contribution in [0.3, 0.4) is 0 Å². The zero-order valence-corrected chi connectivity index (χ0v) is 7.00. The molecule has 3 heteroatoms. The Morgan fingerprint density at radius 2 is 2.09 bits per heavy atom. The minimum absolute atomic E-state index is 0.114. The fourth-order valence-electron chi connectivity index (χ4n) is 1.88. The van der Waals surface area contributed by atoms with Crippen molar-refractivity contribution in [3.05, 3.63) is 0 Å². The highest BCUT2D eigenvalue weighted by molar-refractivity contribution is 5.71. The van der Waals surface area contributed by atoms with Crippen molar-refractivity contribution in [2.45, 2.75) is 32.7 Å². The third kappa shape index (κ3) is 1.71. The molecule has 0 aromatic carbocycles. The highest BCUT2D eigenvalue weighted by Crippen LogP contribution is 2.40. The van der Waals surface area contributed by atoms with E-state index < -0.39 is 5.97 Å². The third-order valence-electron chi connectivity index (χ3n) is 2.39. The van der Waals surface area contributed by atoms with Crippen molar-refractivity contribution >= 4 is 5.97 Å². The smallest absolute Gasteiger partial charge is 0.308 e. The van der Waals surface area contributed by atoms with Gasteiger partial charge in [-0.1, -0.05) is 13.8 Å². The number of hydrogen-bond donors (Lipinski definition) is 2. The molecule has 0 aliphatic heterocycles. The van der Waals surface area contributed by atoms with E-state index in [9.17, 15) is 4.79 Å². The van der Waals surface area contributed by atoms with E-state index >= 15 is 0 Å². The second-order valence-electron chi connectivity index (χ2n) is 4.18. The van der Waals surface area contributed by atoms with Crippen LogP contribution >= 0.6 is 0 Å². The van der Waals surface area contributed by atoms with E-state index in [0.717, 1.165) is 6.42 Å². The molecule has 0 bridgehead atoms. The van der Waals surface area contributed by atoms with Crippen LogP contribution in [0.5, 0.6) is 0 Å². The molecule has 0 spiro atoms. The Hall–Kier alpha value is -0.570. The Morgan fingerprint density at radius 3 is 2.27 bits per heavy atom. The lowest BCUT2D eigenvalue weighted by atomic mass is 9.91. The highest BCUT2D eigenvalue weighted by Gasteiger charge is 2.40. The predicted octanol–water partition coefficient (Wildman–Crippen LogP) is 0.834. The Morgan fingerprint density at radius 1 is 1.55 bits per heavy atom. The maximum Gasteiger partial charge on any atom is 0.308 e. The second-order valence-corrected chi connectivity index (χ2v) is 4.18. The first-order valence-electron chi connectivity index (χ1n) is 3.91. The number of rotatable bonds is 1. The monoisotopic (exact) mass is 157 g/mol. The van der Waals surface area contributed by atoms with Crippen molar-refractivity contribution in [1.82, 2.24) is 0 Å². The Balaban J connectivity index is 2.66. The molecule has 0 aromatic rings. The van der Waals surface area contributed by atoms with Crippen LogP contribution in [0.4, 0.5) is 0 Å². The lowest BCUT2D eigenvalue weighted by molar-refractivity contribution is -0.142. The summed E-state index contributed by atoms with van der Waals surface area (Å²) in [6.07, 6.45) is 1.54. The topological polar surface area (TPSA) is 63.3 Å². The van der Waals surface area contributed by atoms with E-state index in [4.69, 9.17) is 10.8 Å². The van der Waals surface area contributed by atoms with Crippen LogP contribution in [0.15, 0.2) is 0 Å². The molecule has 0 unspecified atom stereocenters. The Labute approximate surface area is 66.6 Å². The summed E-state index contributed by atoms with van der Waals surface area (Å²) in [5, 5.41) is 8.74. The fraction of sp³-hybridized carbons (Fsp3) is 0.875. The molecule has 1 fully saturated rings. The van der Waals surface area contributed by atoms with Crippen molar-refractivity contribution in [3.8, 4) is 0 Å². The van der Waals surface area contributed by atoms with Crippen LogP contribution in [0.25, 0.3) is 0 Å². The van der Waals surface area contributed by atoms with Gasteiger partial charge in [0.05, 0.1) is 5.92 Å². The van der Waals surface area contributed by atoms with Crippen LogP contribution in [0, 0.1) is 11.3 Å². The molecule has 1 aliphatic rings. The molecule has 0 heterocycles. The van der Waals surface area contributed by atoms with Gasteiger partial charge in [0, 0.05) is 6.04 Å². The van der Waals surface area contributed by atoms with Gasteiger partial charge in [0.2, 0.25) is 0 Å². The summed E-state index contributed by atoms with van der Waals surface area (Å²) in [7, 11) is 0. The molecule has 1 rings (SSSR count). The van der Waals surface area contributed by atoms with Crippen molar-refractivity contribution < 1.29 is 9.90 Å². The van der Waals surface area contributed by atoms with E-state index in [1.54, 1.807) is 0 Å². The lowest BCUT2D eigenvalue weighted by Gasteiger charge is -2.15. The maximum absolute atomic E-state index is 10.6. The zero-order chi connectivity index (χ0) is 8.65. The molecule has 2 atom stereocenters. The van der Waals surface area contributed by atoms with Crippen molar-refractivity contribution in [3.63, 3.8) is 0 Å². The molecule has 0 radical (unpaired) electrons. The highest BCUT2D eigenvalue weighted by atomic mass is 16.4. The first kappa shape index (κ1) is 8.53. The predicted molar refractivity (Wildman–Crippen MR) is 42.1 cm³/mol. The molecule has 0 amide bonds. The first-order chi connectivity index (χ1) is 4.92. The van der Waals surface area contributed by atoms with E-state index in [-0.39, 0.29) is 17.4 Å². The number of nitrogens with two attached hydrogens (primary N) is 1. The summed E-state index contributed by atoms with van der Waals surface area (Å²) >= 11 is 0. The molecule has 1 saturated carbocycles. The quantitative estimate of drug-likeness (QED) is 0.592. The van der Waals surface area contributed by atoms with Crippen LogP contribution in [0.2, 0.25) is 0 Å². The summed E-state index contributed by atoms with van der Waals surface area (Å²) in [5.74, 6) is -1.08. The van der Waals surface area contributed by atoms with Crippen molar-refractivity contribution in [1.29, 1.82) is 0 Å². The van der Waals surface area contributed by atoms with Gasteiger partial charge in [-0.05, 0) is 18.3 Å². The lowest BCUT2D eigenvalue weighted by Crippen LogP contribution is -2.30. The molecular formula is C8H15NO2. The van der Waals surface area contributed by atoms with Crippen LogP contribution < -0.4 is 5.73 Å².